The Morgan fingerprint density at radius 2 is 1.62 bits per heavy atom. The van der Waals surface area contributed by atoms with Crippen LogP contribution in [-0.4, -0.2) is 46.2 Å². The standard InChI is InChI=1S/C29H26N2O7S/c1-35-27-16-22-24(17-28(27)36-2)31-11-3-4-23(31)21(15-25(22)32)18-5-7-19(8-6-18)30-39(33,34)20-9-10-26-29(14-20)38-13-12-37-26/h3-11,14,16-17,21,30H,12-13,15H2,1-2H3. The number of ether oxygens (including phenoxy) is 4. The number of hydrogen-bond donors (Lipinski definition) is 1. The van der Waals surface area contributed by atoms with E-state index in [-0.39, 0.29) is 23.0 Å². The van der Waals surface area contributed by atoms with Gasteiger partial charge in [-0.1, -0.05) is 12.1 Å². The van der Waals surface area contributed by atoms with Gasteiger partial charge >= 0.3 is 0 Å². The summed E-state index contributed by atoms with van der Waals surface area (Å²) in [5.41, 5.74) is 3.51. The molecule has 1 N–H and O–H groups in total. The zero-order chi connectivity index (χ0) is 27.1. The first kappa shape index (κ1) is 24.9. The molecule has 0 bridgehead atoms. The van der Waals surface area contributed by atoms with Gasteiger partial charge in [0.1, 0.15) is 13.2 Å². The highest BCUT2D eigenvalue weighted by Gasteiger charge is 2.30. The number of fused-ring (bicyclic) bond motifs is 4. The fourth-order valence-electron chi connectivity index (χ4n) is 5.07. The summed E-state index contributed by atoms with van der Waals surface area (Å²) >= 11 is 0. The highest BCUT2D eigenvalue weighted by molar-refractivity contribution is 7.92. The molecule has 0 saturated carbocycles. The lowest BCUT2D eigenvalue weighted by Gasteiger charge is -2.19. The Morgan fingerprint density at radius 3 is 2.36 bits per heavy atom. The van der Waals surface area contributed by atoms with Crippen LogP contribution in [0.5, 0.6) is 23.0 Å². The number of benzene rings is 3. The summed E-state index contributed by atoms with van der Waals surface area (Å²) in [5.74, 6) is 1.69. The maximum absolute atomic E-state index is 13.4. The van der Waals surface area contributed by atoms with Gasteiger partial charge in [-0.2, -0.15) is 0 Å². The fourth-order valence-corrected chi connectivity index (χ4v) is 6.14. The van der Waals surface area contributed by atoms with Crippen molar-refractivity contribution in [2.75, 3.05) is 32.2 Å². The van der Waals surface area contributed by atoms with Gasteiger partial charge < -0.3 is 23.5 Å². The van der Waals surface area contributed by atoms with Gasteiger partial charge in [-0.25, -0.2) is 8.42 Å². The Kier molecular flexibility index (Phi) is 6.19. The van der Waals surface area contributed by atoms with Crippen LogP contribution in [0.25, 0.3) is 5.69 Å². The maximum atomic E-state index is 13.4. The largest absolute Gasteiger partial charge is 0.493 e. The first-order chi connectivity index (χ1) is 18.9. The smallest absolute Gasteiger partial charge is 0.262 e. The average molecular weight is 547 g/mol. The summed E-state index contributed by atoms with van der Waals surface area (Å²) in [5, 5.41) is 0. The molecule has 9 nitrogen and oxygen atoms in total. The van der Waals surface area contributed by atoms with Crippen LogP contribution in [0.15, 0.2) is 77.8 Å². The highest BCUT2D eigenvalue weighted by Crippen LogP contribution is 2.40. The zero-order valence-corrected chi connectivity index (χ0v) is 22.2. The van der Waals surface area contributed by atoms with E-state index in [2.05, 4.69) is 4.72 Å². The minimum atomic E-state index is -3.86. The second kappa shape index (κ2) is 9.70. The van der Waals surface area contributed by atoms with Gasteiger partial charge in [0.15, 0.2) is 28.8 Å². The summed E-state index contributed by atoms with van der Waals surface area (Å²) in [7, 11) is -0.754. The summed E-state index contributed by atoms with van der Waals surface area (Å²) in [6.07, 6.45) is 2.16. The van der Waals surface area contributed by atoms with Crippen molar-refractivity contribution in [3.63, 3.8) is 0 Å². The first-order valence-corrected chi connectivity index (χ1v) is 13.9. The number of Topliss-reactive ketones (excluding diaryl/α,β-unsaturated/α-hetero) is 1. The Morgan fingerprint density at radius 1 is 0.897 bits per heavy atom. The number of methoxy groups -OCH3 is 2. The molecule has 4 aromatic rings. The van der Waals surface area contributed by atoms with Crippen molar-refractivity contribution in [3.8, 4) is 28.7 Å². The number of sulfonamides is 1. The monoisotopic (exact) mass is 546 g/mol. The highest BCUT2D eigenvalue weighted by atomic mass is 32.2. The van der Waals surface area contributed by atoms with E-state index in [0.29, 0.717) is 47.5 Å². The van der Waals surface area contributed by atoms with Crippen LogP contribution in [0, 0.1) is 0 Å². The van der Waals surface area contributed by atoms with E-state index in [4.69, 9.17) is 18.9 Å². The molecule has 0 aliphatic carbocycles. The van der Waals surface area contributed by atoms with Crippen LogP contribution in [0.3, 0.4) is 0 Å². The van der Waals surface area contributed by atoms with Crippen LogP contribution in [0.2, 0.25) is 0 Å². The van der Waals surface area contributed by atoms with Gasteiger partial charge in [0.25, 0.3) is 10.0 Å². The van der Waals surface area contributed by atoms with Crippen molar-refractivity contribution in [2.45, 2.75) is 17.2 Å². The molecule has 0 fully saturated rings. The minimum absolute atomic E-state index is 0.0250. The second-order valence-electron chi connectivity index (χ2n) is 9.24. The molecule has 3 heterocycles. The molecule has 39 heavy (non-hydrogen) atoms. The predicted molar refractivity (Wildman–Crippen MR) is 144 cm³/mol. The lowest BCUT2D eigenvalue weighted by atomic mass is 9.90. The van der Waals surface area contributed by atoms with Crippen molar-refractivity contribution >= 4 is 21.5 Å². The van der Waals surface area contributed by atoms with Gasteiger partial charge in [-0.3, -0.25) is 9.52 Å². The van der Waals surface area contributed by atoms with Gasteiger partial charge in [-0.05, 0) is 48.0 Å². The molecule has 0 radical (unpaired) electrons. The number of carbonyl (C=O) groups is 1. The third-order valence-corrected chi connectivity index (χ3v) is 8.36. The Bertz CT molecular complexity index is 1680. The fraction of sp³-hybridized carbons (Fsp3) is 0.207. The van der Waals surface area contributed by atoms with Crippen molar-refractivity contribution in [3.05, 3.63) is 89.7 Å². The molecule has 0 saturated heterocycles. The van der Waals surface area contributed by atoms with Gasteiger partial charge in [0.2, 0.25) is 0 Å². The minimum Gasteiger partial charge on any atom is -0.493 e. The summed E-state index contributed by atoms with van der Waals surface area (Å²) < 4.78 is 52.6. The number of nitrogens with one attached hydrogen (secondary N) is 1. The molecule has 200 valence electrons. The molecule has 10 heteroatoms. The molecule has 1 aromatic heterocycles. The first-order valence-electron chi connectivity index (χ1n) is 12.4. The second-order valence-corrected chi connectivity index (χ2v) is 10.9. The van der Waals surface area contributed by atoms with Gasteiger partial charge in [-0.15, -0.1) is 0 Å². The van der Waals surface area contributed by atoms with E-state index < -0.39 is 10.0 Å². The number of aromatic nitrogens is 1. The molecule has 2 aliphatic rings. The quantitative estimate of drug-likeness (QED) is 0.371. The van der Waals surface area contributed by atoms with Crippen LogP contribution in [0.4, 0.5) is 5.69 Å². The molecule has 1 unspecified atom stereocenters. The number of rotatable bonds is 6. The molecule has 6 rings (SSSR count). The molecular weight excluding hydrogens is 520 g/mol. The van der Waals surface area contributed by atoms with Crippen molar-refractivity contribution in [2.24, 2.45) is 0 Å². The molecular formula is C29H26N2O7S. The SMILES string of the molecule is COc1cc2c(cc1OC)-n1cccc1C(c1ccc(NS(=O)(=O)c3ccc4c(c3)OCCO4)cc1)CC2=O. The van der Waals surface area contributed by atoms with Crippen molar-refractivity contribution < 1.29 is 32.2 Å². The van der Waals surface area contributed by atoms with Crippen LogP contribution < -0.4 is 23.7 Å². The third-order valence-electron chi connectivity index (χ3n) is 6.98. The van der Waals surface area contributed by atoms with Crippen molar-refractivity contribution in [1.82, 2.24) is 4.57 Å². The average Bonchev–Trinajstić information content (AvgIpc) is 3.41. The van der Waals surface area contributed by atoms with E-state index in [9.17, 15) is 13.2 Å². The Labute approximate surface area is 225 Å². The third kappa shape index (κ3) is 4.46. The normalized spacial score (nSPS) is 16.1. The molecule has 0 amide bonds. The van der Waals surface area contributed by atoms with E-state index in [1.54, 1.807) is 38.5 Å². The molecule has 1 atom stereocenters. The number of anilines is 1. The summed E-state index contributed by atoms with van der Waals surface area (Å²) in [4.78, 5) is 13.5. The van der Waals surface area contributed by atoms with Crippen LogP contribution >= 0.6 is 0 Å². The van der Waals surface area contributed by atoms with Crippen molar-refractivity contribution in [1.29, 1.82) is 0 Å². The van der Waals surface area contributed by atoms with E-state index >= 15 is 0 Å². The van der Waals surface area contributed by atoms with Gasteiger partial charge in [0.05, 0.1) is 24.8 Å². The van der Waals surface area contributed by atoms with Crippen LogP contribution in [-0.2, 0) is 10.0 Å². The number of carbonyl (C=O) groups excluding carboxylic acids is 1. The number of nitrogens with zero attached hydrogens (tertiary/aromatic N) is 1. The molecule has 2 aliphatic heterocycles. The topological polar surface area (TPSA) is 105 Å². The molecule has 3 aromatic carbocycles. The zero-order valence-electron chi connectivity index (χ0n) is 21.3. The Hall–Kier alpha value is -4.44. The molecule has 0 spiro atoms. The lowest BCUT2D eigenvalue weighted by molar-refractivity contribution is 0.0979. The summed E-state index contributed by atoms with van der Waals surface area (Å²) in [6.45, 7) is 0.792. The number of ketones is 1. The Balaban J connectivity index is 1.29. The summed E-state index contributed by atoms with van der Waals surface area (Å²) in [6, 6.07) is 19.1. The van der Waals surface area contributed by atoms with Gasteiger partial charge in [0, 0.05) is 47.6 Å². The van der Waals surface area contributed by atoms with E-state index in [1.165, 1.54) is 12.1 Å². The van der Waals surface area contributed by atoms with E-state index in [0.717, 1.165) is 16.9 Å². The maximum Gasteiger partial charge on any atom is 0.262 e. The lowest BCUT2D eigenvalue weighted by Crippen LogP contribution is -2.17. The van der Waals surface area contributed by atoms with E-state index in [1.807, 2.05) is 41.1 Å². The number of hydrogen-bond acceptors (Lipinski definition) is 7. The van der Waals surface area contributed by atoms with Crippen LogP contribution in [0.1, 0.15) is 34.0 Å². The predicted octanol–water partition coefficient (Wildman–Crippen LogP) is 4.78.